The van der Waals surface area contributed by atoms with Crippen LogP contribution in [-0.2, 0) is 4.79 Å². The third-order valence-corrected chi connectivity index (χ3v) is 3.02. The number of amides is 1. The summed E-state index contributed by atoms with van der Waals surface area (Å²) in [6.07, 6.45) is 1.69. The summed E-state index contributed by atoms with van der Waals surface area (Å²) in [5.41, 5.74) is 0.382. The van der Waals surface area contributed by atoms with Gasteiger partial charge in [-0.25, -0.2) is 4.98 Å². The first-order chi connectivity index (χ1) is 11.0. The third kappa shape index (κ3) is 4.47. The summed E-state index contributed by atoms with van der Waals surface area (Å²) in [4.78, 5) is 25.9. The number of hydrogen-bond donors (Lipinski definition) is 2. The molecule has 2 rings (SSSR count). The quantitative estimate of drug-likeness (QED) is 0.630. The minimum absolute atomic E-state index is 0.0382. The van der Waals surface area contributed by atoms with Gasteiger partial charge in [-0.3, -0.25) is 14.9 Å². The molecule has 2 N–H and O–H groups in total. The molecule has 0 aliphatic carbocycles. The van der Waals surface area contributed by atoms with Gasteiger partial charge in [0.15, 0.2) is 0 Å². The van der Waals surface area contributed by atoms with Crippen LogP contribution in [0.25, 0.3) is 0 Å². The molecule has 0 saturated carbocycles. The summed E-state index contributed by atoms with van der Waals surface area (Å²) >= 11 is 0. The molecular formula is C15H15FN4O3. The molecule has 0 radical (unpaired) electrons. The predicted molar refractivity (Wildman–Crippen MR) is 83.8 cm³/mol. The predicted octanol–water partition coefficient (Wildman–Crippen LogP) is 2.88. The summed E-state index contributed by atoms with van der Waals surface area (Å²) in [7, 11) is 0. The Morgan fingerprint density at radius 1 is 1.35 bits per heavy atom. The Morgan fingerprint density at radius 3 is 2.78 bits per heavy atom. The molecule has 7 nitrogen and oxygen atoms in total. The van der Waals surface area contributed by atoms with Gasteiger partial charge in [0.25, 0.3) is 0 Å². The van der Waals surface area contributed by atoms with Gasteiger partial charge in [-0.15, -0.1) is 0 Å². The van der Waals surface area contributed by atoms with Crippen LogP contribution in [0.15, 0.2) is 36.5 Å². The number of rotatable bonds is 6. The first kappa shape index (κ1) is 16.3. The Bertz CT molecular complexity index is 719. The highest BCUT2D eigenvalue weighted by Gasteiger charge is 2.19. The van der Waals surface area contributed by atoms with Crippen LogP contribution in [-0.4, -0.2) is 22.4 Å². The molecule has 23 heavy (non-hydrogen) atoms. The maximum atomic E-state index is 13.4. The molecule has 0 saturated heterocycles. The van der Waals surface area contributed by atoms with E-state index in [1.54, 1.807) is 12.3 Å². The van der Waals surface area contributed by atoms with Crippen LogP contribution in [0.3, 0.4) is 0 Å². The van der Waals surface area contributed by atoms with Gasteiger partial charge in [-0.2, -0.15) is 4.39 Å². The number of pyridine rings is 1. The van der Waals surface area contributed by atoms with E-state index in [1.165, 1.54) is 12.1 Å². The number of nitrogens with one attached hydrogen (secondary N) is 2. The standard InChI is InChI=1S/C15H15FN4O3/c1-10-5-6-13(18-9-10)19-14(21)7-8-17-12-4-2-3-11(16)15(12)20(22)23/h2-6,9,17H,7-8H2,1H3,(H,18,19,21). The van der Waals surface area contributed by atoms with Crippen LogP contribution in [0.1, 0.15) is 12.0 Å². The molecule has 1 aromatic heterocycles. The molecule has 1 aromatic carbocycles. The zero-order valence-corrected chi connectivity index (χ0v) is 12.4. The zero-order chi connectivity index (χ0) is 16.8. The number of nitro groups is 1. The lowest BCUT2D eigenvalue weighted by molar-refractivity contribution is -0.386. The second kappa shape index (κ2) is 7.30. The summed E-state index contributed by atoms with van der Waals surface area (Å²) in [5.74, 6) is -0.793. The van der Waals surface area contributed by atoms with E-state index in [-0.39, 0.29) is 24.6 Å². The van der Waals surface area contributed by atoms with Crippen LogP contribution < -0.4 is 10.6 Å². The summed E-state index contributed by atoms with van der Waals surface area (Å²) in [6, 6.07) is 7.26. The normalized spacial score (nSPS) is 10.2. The highest BCUT2D eigenvalue weighted by Crippen LogP contribution is 2.26. The van der Waals surface area contributed by atoms with Gasteiger partial charge >= 0.3 is 5.69 Å². The zero-order valence-electron chi connectivity index (χ0n) is 12.4. The van der Waals surface area contributed by atoms with Crippen molar-refractivity contribution >= 4 is 23.1 Å². The number of benzene rings is 1. The Balaban J connectivity index is 1.90. The number of halogens is 1. The fourth-order valence-electron chi connectivity index (χ4n) is 1.90. The van der Waals surface area contributed by atoms with Crippen LogP contribution in [0.2, 0.25) is 0 Å². The molecule has 0 unspecified atom stereocenters. The van der Waals surface area contributed by atoms with Crippen LogP contribution in [0.4, 0.5) is 21.6 Å². The number of aryl methyl sites for hydroxylation is 1. The Labute approximate surface area is 131 Å². The molecule has 1 amide bonds. The van der Waals surface area contributed by atoms with E-state index in [0.717, 1.165) is 11.6 Å². The van der Waals surface area contributed by atoms with Gasteiger partial charge in [-0.1, -0.05) is 12.1 Å². The van der Waals surface area contributed by atoms with E-state index in [9.17, 15) is 19.3 Å². The summed E-state index contributed by atoms with van der Waals surface area (Å²) in [6.45, 7) is 2.01. The molecule has 2 aromatic rings. The molecule has 0 bridgehead atoms. The van der Waals surface area contributed by atoms with Gasteiger partial charge < -0.3 is 10.6 Å². The largest absolute Gasteiger partial charge is 0.379 e. The number of hydrogen-bond acceptors (Lipinski definition) is 5. The minimum Gasteiger partial charge on any atom is -0.379 e. The lowest BCUT2D eigenvalue weighted by atomic mass is 10.2. The first-order valence-corrected chi connectivity index (χ1v) is 6.86. The fourth-order valence-corrected chi connectivity index (χ4v) is 1.90. The van der Waals surface area contributed by atoms with E-state index in [0.29, 0.717) is 5.82 Å². The number of nitro benzene ring substituents is 1. The minimum atomic E-state index is -0.923. The number of carbonyl (C=O) groups excluding carboxylic acids is 1. The van der Waals surface area contributed by atoms with Crippen molar-refractivity contribution in [3.8, 4) is 0 Å². The maximum Gasteiger partial charge on any atom is 0.327 e. The molecule has 1 heterocycles. The summed E-state index contributed by atoms with van der Waals surface area (Å²) in [5, 5.41) is 16.2. The number of carbonyl (C=O) groups is 1. The third-order valence-electron chi connectivity index (χ3n) is 3.02. The summed E-state index contributed by atoms with van der Waals surface area (Å²) < 4.78 is 13.4. The van der Waals surface area contributed by atoms with Gasteiger partial charge in [-0.05, 0) is 30.7 Å². The highest BCUT2D eigenvalue weighted by molar-refractivity contribution is 5.90. The van der Waals surface area contributed by atoms with E-state index >= 15 is 0 Å². The van der Waals surface area contributed by atoms with Crippen molar-refractivity contribution in [1.82, 2.24) is 4.98 Å². The Morgan fingerprint density at radius 2 is 2.13 bits per heavy atom. The Kier molecular flexibility index (Phi) is 5.19. The fraction of sp³-hybridized carbons (Fsp3) is 0.200. The van der Waals surface area contributed by atoms with E-state index in [4.69, 9.17) is 0 Å². The van der Waals surface area contributed by atoms with Crippen molar-refractivity contribution in [2.24, 2.45) is 0 Å². The van der Waals surface area contributed by atoms with Crippen molar-refractivity contribution in [3.05, 3.63) is 58.0 Å². The smallest absolute Gasteiger partial charge is 0.327 e. The van der Waals surface area contributed by atoms with Gasteiger partial charge in [0.2, 0.25) is 11.7 Å². The second-order valence-corrected chi connectivity index (χ2v) is 4.84. The topological polar surface area (TPSA) is 97.2 Å². The van der Waals surface area contributed by atoms with Crippen molar-refractivity contribution in [2.45, 2.75) is 13.3 Å². The average molecular weight is 318 g/mol. The molecule has 0 spiro atoms. The molecule has 0 aliphatic heterocycles. The lowest BCUT2D eigenvalue weighted by Crippen LogP contribution is -2.17. The van der Waals surface area contributed by atoms with E-state index in [2.05, 4.69) is 15.6 Å². The Hall–Kier alpha value is -3.03. The molecule has 8 heteroatoms. The van der Waals surface area contributed by atoms with Crippen molar-refractivity contribution in [2.75, 3.05) is 17.2 Å². The molecule has 120 valence electrons. The van der Waals surface area contributed by atoms with Gasteiger partial charge in [0, 0.05) is 19.2 Å². The maximum absolute atomic E-state index is 13.4. The SMILES string of the molecule is Cc1ccc(NC(=O)CCNc2cccc(F)c2[N+](=O)[O-])nc1. The van der Waals surface area contributed by atoms with E-state index < -0.39 is 16.4 Å². The molecule has 0 fully saturated rings. The van der Waals surface area contributed by atoms with E-state index in [1.807, 2.05) is 13.0 Å². The van der Waals surface area contributed by atoms with Crippen molar-refractivity contribution in [1.29, 1.82) is 0 Å². The molecular weight excluding hydrogens is 303 g/mol. The van der Waals surface area contributed by atoms with Gasteiger partial charge in [0.05, 0.1) is 4.92 Å². The number of para-hydroxylation sites is 1. The molecule has 0 atom stereocenters. The molecule has 0 aliphatic rings. The average Bonchev–Trinajstić information content (AvgIpc) is 2.49. The number of nitrogens with zero attached hydrogens (tertiary/aromatic N) is 2. The van der Waals surface area contributed by atoms with Crippen molar-refractivity contribution < 1.29 is 14.1 Å². The van der Waals surface area contributed by atoms with Crippen LogP contribution in [0.5, 0.6) is 0 Å². The monoisotopic (exact) mass is 318 g/mol. The van der Waals surface area contributed by atoms with Gasteiger partial charge in [0.1, 0.15) is 11.5 Å². The highest BCUT2D eigenvalue weighted by atomic mass is 19.1. The number of aromatic nitrogens is 1. The van der Waals surface area contributed by atoms with Crippen molar-refractivity contribution in [3.63, 3.8) is 0 Å². The lowest BCUT2D eigenvalue weighted by Gasteiger charge is -2.08. The van der Waals surface area contributed by atoms with Crippen LogP contribution in [0, 0.1) is 22.9 Å². The number of anilines is 2. The van der Waals surface area contributed by atoms with Crippen LogP contribution >= 0.6 is 0 Å². The first-order valence-electron chi connectivity index (χ1n) is 6.86. The second-order valence-electron chi connectivity index (χ2n) is 4.84.